The summed E-state index contributed by atoms with van der Waals surface area (Å²) in [5, 5.41) is 9.70. The van der Waals surface area contributed by atoms with Crippen molar-refractivity contribution in [2.24, 2.45) is 0 Å². The molecular weight excluding hydrogens is 351 g/mol. The Bertz CT molecular complexity index is 941. The Labute approximate surface area is 155 Å². The summed E-state index contributed by atoms with van der Waals surface area (Å²) in [5.41, 5.74) is 3.29. The second-order valence-corrected chi connectivity index (χ2v) is 7.32. The third-order valence-electron chi connectivity index (χ3n) is 3.89. The van der Waals surface area contributed by atoms with Gasteiger partial charge in [0, 0.05) is 5.69 Å². The fourth-order valence-electron chi connectivity index (χ4n) is 2.47. The molecule has 0 saturated heterocycles. The average Bonchev–Trinajstić information content (AvgIpc) is 3.06. The van der Waals surface area contributed by atoms with Crippen LogP contribution in [-0.4, -0.2) is 26.3 Å². The van der Waals surface area contributed by atoms with Crippen LogP contribution >= 0.6 is 11.8 Å². The number of amides is 1. The normalized spacial score (nSPS) is 12.0. The van der Waals surface area contributed by atoms with E-state index in [2.05, 4.69) is 20.5 Å². The molecule has 26 heavy (non-hydrogen) atoms. The van der Waals surface area contributed by atoms with Crippen LogP contribution in [0.25, 0.3) is 11.4 Å². The number of anilines is 1. The van der Waals surface area contributed by atoms with Gasteiger partial charge in [0.25, 0.3) is 0 Å². The molecule has 3 rings (SSSR count). The number of aromatic amines is 1. The van der Waals surface area contributed by atoms with Gasteiger partial charge in [0.2, 0.25) is 11.1 Å². The Morgan fingerprint density at radius 3 is 2.73 bits per heavy atom. The number of H-pyrrole nitrogens is 1. The fourth-order valence-corrected chi connectivity index (χ4v) is 3.20. The number of carbonyl (C=O) groups is 1. The van der Waals surface area contributed by atoms with Crippen LogP contribution in [0.3, 0.4) is 0 Å². The van der Waals surface area contributed by atoms with E-state index in [0.717, 1.165) is 16.8 Å². The van der Waals surface area contributed by atoms with Crippen LogP contribution < -0.4 is 5.32 Å². The molecule has 0 spiro atoms. The van der Waals surface area contributed by atoms with Crippen LogP contribution in [-0.2, 0) is 4.79 Å². The van der Waals surface area contributed by atoms with E-state index in [1.807, 2.05) is 32.0 Å². The van der Waals surface area contributed by atoms with E-state index >= 15 is 0 Å². The molecule has 134 valence electrons. The lowest BCUT2D eigenvalue weighted by Gasteiger charge is -2.12. The monoisotopic (exact) mass is 370 g/mol. The van der Waals surface area contributed by atoms with Crippen molar-refractivity contribution in [3.63, 3.8) is 0 Å². The smallest absolute Gasteiger partial charge is 0.237 e. The summed E-state index contributed by atoms with van der Waals surface area (Å²) in [6.45, 7) is 5.74. The van der Waals surface area contributed by atoms with E-state index < -0.39 is 5.25 Å². The van der Waals surface area contributed by atoms with Crippen LogP contribution in [0.2, 0.25) is 0 Å². The molecule has 0 saturated carbocycles. The van der Waals surface area contributed by atoms with Gasteiger partial charge >= 0.3 is 0 Å². The van der Waals surface area contributed by atoms with E-state index in [1.165, 1.54) is 17.8 Å². The largest absolute Gasteiger partial charge is 0.325 e. The second kappa shape index (κ2) is 7.70. The number of thioether (sulfide) groups is 1. The van der Waals surface area contributed by atoms with Crippen molar-refractivity contribution >= 4 is 23.4 Å². The molecule has 1 atom stereocenters. The maximum Gasteiger partial charge on any atom is 0.237 e. The number of halogens is 1. The Kier molecular flexibility index (Phi) is 5.37. The fraction of sp³-hybridized carbons (Fsp3) is 0.211. The first-order valence-electron chi connectivity index (χ1n) is 8.16. The van der Waals surface area contributed by atoms with Crippen molar-refractivity contribution in [3.05, 3.63) is 59.4 Å². The first kappa shape index (κ1) is 18.1. The molecule has 1 heterocycles. The topological polar surface area (TPSA) is 70.7 Å². The van der Waals surface area contributed by atoms with Gasteiger partial charge in [-0.25, -0.2) is 9.37 Å². The minimum absolute atomic E-state index is 0.140. The van der Waals surface area contributed by atoms with Crippen molar-refractivity contribution in [2.75, 3.05) is 5.32 Å². The Morgan fingerprint density at radius 1 is 1.23 bits per heavy atom. The number of nitrogens with one attached hydrogen (secondary N) is 2. The van der Waals surface area contributed by atoms with Crippen LogP contribution in [0.1, 0.15) is 18.1 Å². The molecule has 5 nitrogen and oxygen atoms in total. The number of hydrogen-bond acceptors (Lipinski definition) is 4. The summed E-state index contributed by atoms with van der Waals surface area (Å²) in [6.07, 6.45) is 0. The zero-order valence-electron chi connectivity index (χ0n) is 14.7. The highest BCUT2D eigenvalue weighted by Crippen LogP contribution is 2.25. The Hall–Kier alpha value is -2.67. The first-order valence-corrected chi connectivity index (χ1v) is 9.04. The van der Waals surface area contributed by atoms with Crippen molar-refractivity contribution in [1.82, 2.24) is 15.2 Å². The molecule has 0 radical (unpaired) electrons. The molecule has 1 aromatic heterocycles. The first-order chi connectivity index (χ1) is 12.4. The molecule has 0 unspecified atom stereocenters. The molecule has 0 bridgehead atoms. The number of aryl methyl sites for hydroxylation is 2. The highest BCUT2D eigenvalue weighted by atomic mass is 32.2. The molecule has 2 aromatic carbocycles. The molecule has 0 aliphatic heterocycles. The summed E-state index contributed by atoms with van der Waals surface area (Å²) in [6, 6.07) is 12.2. The summed E-state index contributed by atoms with van der Waals surface area (Å²) >= 11 is 1.21. The zero-order valence-corrected chi connectivity index (χ0v) is 15.5. The van der Waals surface area contributed by atoms with Crippen LogP contribution in [0, 0.1) is 19.7 Å². The molecule has 2 N–H and O–H groups in total. The van der Waals surface area contributed by atoms with Crippen LogP contribution in [0.15, 0.2) is 47.6 Å². The van der Waals surface area contributed by atoms with E-state index in [-0.39, 0.29) is 11.7 Å². The lowest BCUT2D eigenvalue weighted by Crippen LogP contribution is -2.23. The van der Waals surface area contributed by atoms with E-state index in [9.17, 15) is 9.18 Å². The number of aromatic nitrogens is 3. The number of benzene rings is 2. The molecule has 0 aliphatic rings. The lowest BCUT2D eigenvalue weighted by molar-refractivity contribution is -0.115. The highest BCUT2D eigenvalue weighted by molar-refractivity contribution is 8.00. The van der Waals surface area contributed by atoms with Gasteiger partial charge < -0.3 is 5.32 Å². The van der Waals surface area contributed by atoms with Crippen LogP contribution in [0.4, 0.5) is 10.1 Å². The second-order valence-electron chi connectivity index (χ2n) is 6.01. The third-order valence-corrected chi connectivity index (χ3v) is 4.85. The van der Waals surface area contributed by atoms with Gasteiger partial charge in [0.15, 0.2) is 5.82 Å². The highest BCUT2D eigenvalue weighted by Gasteiger charge is 2.19. The van der Waals surface area contributed by atoms with Gasteiger partial charge in [0.05, 0.1) is 10.8 Å². The molecule has 0 fully saturated rings. The number of carbonyl (C=O) groups excluding carboxylic acids is 1. The van der Waals surface area contributed by atoms with Gasteiger partial charge in [-0.2, -0.15) is 0 Å². The van der Waals surface area contributed by atoms with Gasteiger partial charge in [-0.3, -0.25) is 9.89 Å². The molecule has 3 aromatic rings. The molecule has 7 heteroatoms. The van der Waals surface area contributed by atoms with Gasteiger partial charge in [-0.05, 0) is 44.5 Å². The van der Waals surface area contributed by atoms with E-state index in [0.29, 0.717) is 16.5 Å². The zero-order chi connectivity index (χ0) is 18.7. The SMILES string of the molecule is Cc1ccc(NC(=O)[C@@H](C)Sc2n[nH]c(-c3ccccc3F)n2)c(C)c1. The maximum atomic E-state index is 13.8. The van der Waals surface area contributed by atoms with Crippen molar-refractivity contribution in [3.8, 4) is 11.4 Å². The van der Waals surface area contributed by atoms with Crippen molar-refractivity contribution in [1.29, 1.82) is 0 Å². The van der Waals surface area contributed by atoms with Gasteiger partial charge in [0.1, 0.15) is 5.82 Å². The third kappa shape index (κ3) is 4.11. The molecule has 0 aliphatic carbocycles. The minimum Gasteiger partial charge on any atom is -0.325 e. The Morgan fingerprint density at radius 2 is 2.00 bits per heavy atom. The Balaban J connectivity index is 1.67. The number of nitrogens with zero attached hydrogens (tertiary/aromatic N) is 2. The van der Waals surface area contributed by atoms with Gasteiger partial charge in [-0.15, -0.1) is 5.10 Å². The average molecular weight is 370 g/mol. The number of hydrogen-bond donors (Lipinski definition) is 2. The predicted molar refractivity (Wildman–Crippen MR) is 102 cm³/mol. The molecule has 1 amide bonds. The van der Waals surface area contributed by atoms with Crippen molar-refractivity contribution in [2.45, 2.75) is 31.2 Å². The quantitative estimate of drug-likeness (QED) is 0.655. The summed E-state index contributed by atoms with van der Waals surface area (Å²) in [5.74, 6) is -0.174. The number of rotatable bonds is 5. The van der Waals surface area contributed by atoms with E-state index in [4.69, 9.17) is 0 Å². The maximum absolute atomic E-state index is 13.8. The summed E-state index contributed by atoms with van der Waals surface area (Å²) in [4.78, 5) is 16.7. The predicted octanol–water partition coefficient (Wildman–Crippen LogP) is 4.35. The van der Waals surface area contributed by atoms with Crippen LogP contribution in [0.5, 0.6) is 0 Å². The summed E-state index contributed by atoms with van der Waals surface area (Å²) in [7, 11) is 0. The van der Waals surface area contributed by atoms with Gasteiger partial charge in [-0.1, -0.05) is 41.6 Å². The lowest BCUT2D eigenvalue weighted by atomic mass is 10.1. The van der Waals surface area contributed by atoms with E-state index in [1.54, 1.807) is 25.1 Å². The summed E-state index contributed by atoms with van der Waals surface area (Å²) < 4.78 is 13.8. The van der Waals surface area contributed by atoms with Crippen molar-refractivity contribution < 1.29 is 9.18 Å². The molecular formula is C19H19FN4OS. The standard InChI is InChI=1S/C19H19FN4OS/c1-11-8-9-16(12(2)10-11)21-18(25)13(3)26-19-22-17(23-24-19)14-6-4-5-7-15(14)20/h4-10,13H,1-3H3,(H,21,25)(H,22,23,24)/t13-/m1/s1. The minimum atomic E-state index is -0.403.